The van der Waals surface area contributed by atoms with E-state index in [9.17, 15) is 30.8 Å². The molecule has 0 unspecified atom stereocenters. The van der Waals surface area contributed by atoms with E-state index in [1.54, 1.807) is 0 Å². The second-order valence-corrected chi connectivity index (χ2v) is 7.82. The zero-order chi connectivity index (χ0) is 23.3. The molecule has 0 radical (unpaired) electrons. The number of unbranched alkanes of at least 4 members (excludes halogenated alkanes) is 7. The van der Waals surface area contributed by atoms with Gasteiger partial charge in [-0.05, 0) is 49.9 Å². The Morgan fingerprint density at radius 1 is 0.531 bits per heavy atom. The van der Waals surface area contributed by atoms with Gasteiger partial charge in [0, 0.05) is 23.3 Å². The first-order valence-corrected chi connectivity index (χ1v) is 10.9. The van der Waals surface area contributed by atoms with Crippen LogP contribution >= 0.6 is 0 Å². The van der Waals surface area contributed by atoms with Gasteiger partial charge < -0.3 is 30.8 Å². The van der Waals surface area contributed by atoms with Crippen LogP contribution in [0.1, 0.15) is 75.3 Å². The molecule has 0 heterocycles. The predicted octanol–water partition coefficient (Wildman–Crippen LogP) is 5.47. The lowest BCUT2D eigenvalue weighted by Crippen LogP contribution is -2.02. The molecule has 2 rings (SSSR count). The van der Waals surface area contributed by atoms with Crippen molar-refractivity contribution in [3.63, 3.8) is 0 Å². The van der Waals surface area contributed by atoms with Crippen LogP contribution in [0, 0.1) is 0 Å². The maximum atomic E-state index is 9.88. The van der Waals surface area contributed by atoms with Gasteiger partial charge in [0.25, 0.3) is 0 Å². The monoisotopic (exact) mass is 444 g/mol. The molecular formula is C24H32N2O6. The minimum atomic E-state index is -0.104. The van der Waals surface area contributed by atoms with Crippen molar-refractivity contribution in [2.24, 2.45) is 10.3 Å². The highest BCUT2D eigenvalue weighted by Gasteiger charge is 2.11. The molecule has 0 aliphatic heterocycles. The van der Waals surface area contributed by atoms with Gasteiger partial charge in [-0.1, -0.05) is 48.8 Å². The molecule has 0 fully saturated rings. The van der Waals surface area contributed by atoms with Gasteiger partial charge in [-0.3, -0.25) is 0 Å². The van der Waals surface area contributed by atoms with Gasteiger partial charge in [-0.15, -0.1) is 0 Å². The fourth-order valence-corrected chi connectivity index (χ4v) is 3.65. The van der Waals surface area contributed by atoms with Crippen LogP contribution in [0.4, 0.5) is 0 Å². The molecule has 2 aromatic rings. The Labute approximate surface area is 187 Å². The number of aromatic hydroxyl groups is 4. The molecule has 0 aromatic heterocycles. The Kier molecular flexibility index (Phi) is 10.2. The number of hydrogen-bond acceptors (Lipinski definition) is 8. The minimum absolute atomic E-state index is 0.0399. The van der Waals surface area contributed by atoms with Gasteiger partial charge in [-0.25, -0.2) is 0 Å². The van der Waals surface area contributed by atoms with Crippen LogP contribution in [-0.4, -0.2) is 42.3 Å². The number of oxime groups is 2. The van der Waals surface area contributed by atoms with Crippen molar-refractivity contribution in [3.05, 3.63) is 47.5 Å². The lowest BCUT2D eigenvalue weighted by atomic mass is 10.00. The molecule has 8 nitrogen and oxygen atoms in total. The first-order chi connectivity index (χ1) is 15.5. The molecule has 2 aromatic carbocycles. The van der Waals surface area contributed by atoms with Gasteiger partial charge in [-0.2, -0.15) is 0 Å². The van der Waals surface area contributed by atoms with E-state index in [4.69, 9.17) is 0 Å². The topological polar surface area (TPSA) is 146 Å². The van der Waals surface area contributed by atoms with Crippen molar-refractivity contribution < 1.29 is 30.8 Å². The molecule has 0 amide bonds. The van der Waals surface area contributed by atoms with Crippen LogP contribution in [0.15, 0.2) is 46.7 Å². The van der Waals surface area contributed by atoms with Gasteiger partial charge >= 0.3 is 0 Å². The summed E-state index contributed by atoms with van der Waals surface area (Å²) < 4.78 is 0. The molecular weight excluding hydrogens is 412 g/mol. The predicted molar refractivity (Wildman–Crippen MR) is 122 cm³/mol. The van der Waals surface area contributed by atoms with E-state index >= 15 is 0 Å². The summed E-state index contributed by atoms with van der Waals surface area (Å²) in [6.07, 6.45) is 9.04. The Hall–Kier alpha value is -3.42. The summed E-state index contributed by atoms with van der Waals surface area (Å²) in [6.45, 7) is 0. The summed E-state index contributed by atoms with van der Waals surface area (Å²) in [4.78, 5) is 0. The second-order valence-electron chi connectivity index (χ2n) is 7.82. The Balaban J connectivity index is 1.57. The highest BCUT2D eigenvalue weighted by Crippen LogP contribution is 2.26. The maximum Gasteiger partial charge on any atom is 0.128 e. The average molecular weight is 445 g/mol. The zero-order valence-corrected chi connectivity index (χ0v) is 18.1. The maximum absolute atomic E-state index is 9.88. The second kappa shape index (κ2) is 13.1. The molecule has 0 spiro atoms. The van der Waals surface area contributed by atoms with Gasteiger partial charge in [0.1, 0.15) is 23.0 Å². The number of phenolic OH excluding ortho intramolecular Hbond substituents is 4. The third kappa shape index (κ3) is 7.68. The van der Waals surface area contributed by atoms with Crippen LogP contribution in [-0.2, 0) is 0 Å². The van der Waals surface area contributed by atoms with Crippen molar-refractivity contribution >= 4 is 11.4 Å². The lowest BCUT2D eigenvalue weighted by molar-refractivity contribution is 0.317. The first kappa shape index (κ1) is 24.8. The largest absolute Gasteiger partial charge is 0.508 e. The fourth-order valence-electron chi connectivity index (χ4n) is 3.65. The van der Waals surface area contributed by atoms with E-state index in [1.165, 1.54) is 36.4 Å². The summed E-state index contributed by atoms with van der Waals surface area (Å²) in [5.41, 5.74) is 1.67. The van der Waals surface area contributed by atoms with E-state index in [1.807, 2.05) is 0 Å². The molecule has 174 valence electrons. The Bertz CT molecular complexity index is 851. The Morgan fingerprint density at radius 3 is 1.19 bits per heavy atom. The normalized spacial score (nSPS) is 12.2. The summed E-state index contributed by atoms with van der Waals surface area (Å²) >= 11 is 0. The smallest absolute Gasteiger partial charge is 0.128 e. The zero-order valence-electron chi connectivity index (χ0n) is 18.1. The minimum Gasteiger partial charge on any atom is -0.508 e. The van der Waals surface area contributed by atoms with E-state index in [0.717, 1.165) is 51.4 Å². The van der Waals surface area contributed by atoms with Crippen LogP contribution in [0.25, 0.3) is 0 Å². The third-order valence-electron chi connectivity index (χ3n) is 5.40. The van der Waals surface area contributed by atoms with E-state index in [-0.39, 0.29) is 23.0 Å². The number of benzene rings is 2. The van der Waals surface area contributed by atoms with E-state index < -0.39 is 0 Å². The van der Waals surface area contributed by atoms with Crippen molar-refractivity contribution in [2.45, 2.75) is 64.2 Å². The molecule has 0 aliphatic carbocycles. The summed E-state index contributed by atoms with van der Waals surface area (Å²) in [7, 11) is 0. The lowest BCUT2D eigenvalue weighted by Gasteiger charge is -2.08. The first-order valence-electron chi connectivity index (χ1n) is 10.9. The van der Waals surface area contributed by atoms with Crippen LogP contribution in [0.3, 0.4) is 0 Å². The third-order valence-corrected chi connectivity index (χ3v) is 5.40. The Morgan fingerprint density at radius 2 is 0.875 bits per heavy atom. The van der Waals surface area contributed by atoms with Gasteiger partial charge in [0.2, 0.25) is 0 Å². The van der Waals surface area contributed by atoms with E-state index in [0.29, 0.717) is 35.4 Å². The standard InChI is InChI=1S/C24H32N2O6/c27-17-11-13-19(23(29)15-17)21(25-31)9-7-5-3-1-2-4-6-8-10-22(26-32)20-14-12-18(28)16-24(20)30/h11-16,27-32H,1-10H2/b25-21-,26-22-. The molecule has 0 saturated carbocycles. The highest BCUT2D eigenvalue weighted by atomic mass is 16.4. The quantitative estimate of drug-likeness (QED) is 0.105. The molecule has 6 N–H and O–H groups in total. The highest BCUT2D eigenvalue weighted by molar-refractivity contribution is 6.03. The summed E-state index contributed by atoms with van der Waals surface area (Å²) in [6, 6.07) is 8.42. The fraction of sp³-hybridized carbons (Fsp3) is 0.417. The van der Waals surface area contributed by atoms with Crippen molar-refractivity contribution in [3.8, 4) is 23.0 Å². The van der Waals surface area contributed by atoms with Crippen molar-refractivity contribution in [1.29, 1.82) is 0 Å². The average Bonchev–Trinajstić information content (AvgIpc) is 2.76. The molecule has 0 atom stereocenters. The van der Waals surface area contributed by atoms with Crippen LogP contribution in [0.2, 0.25) is 0 Å². The summed E-state index contributed by atoms with van der Waals surface area (Å²) in [5, 5.41) is 63.5. The number of nitrogens with zero attached hydrogens (tertiary/aromatic N) is 2. The molecule has 8 heteroatoms. The number of rotatable bonds is 13. The number of phenols is 4. The van der Waals surface area contributed by atoms with Crippen LogP contribution < -0.4 is 0 Å². The van der Waals surface area contributed by atoms with Crippen molar-refractivity contribution in [1.82, 2.24) is 0 Å². The molecule has 0 bridgehead atoms. The molecule has 0 saturated heterocycles. The van der Waals surface area contributed by atoms with Gasteiger partial charge in [0.05, 0.1) is 11.4 Å². The van der Waals surface area contributed by atoms with Crippen LogP contribution in [0.5, 0.6) is 23.0 Å². The summed E-state index contributed by atoms with van der Waals surface area (Å²) in [5.74, 6) is -0.288. The van der Waals surface area contributed by atoms with E-state index in [2.05, 4.69) is 10.3 Å². The van der Waals surface area contributed by atoms with Crippen molar-refractivity contribution in [2.75, 3.05) is 0 Å². The SMILES string of the molecule is O/N=C(/CCCCCCCCCC/C(=N/O)c1ccc(O)cc1O)c1ccc(O)cc1O. The van der Waals surface area contributed by atoms with Gasteiger partial charge in [0.15, 0.2) is 0 Å². The molecule has 0 aliphatic rings. The number of hydrogen-bond donors (Lipinski definition) is 6. The molecule has 32 heavy (non-hydrogen) atoms.